The van der Waals surface area contributed by atoms with Gasteiger partial charge in [0.1, 0.15) is 35.9 Å². The number of ether oxygens (including phenoxy) is 1. The van der Waals surface area contributed by atoms with Gasteiger partial charge in [0.2, 0.25) is 0 Å². The number of nitrogens with zero attached hydrogens (tertiary/aromatic N) is 1. The van der Waals surface area contributed by atoms with Gasteiger partial charge < -0.3 is 20.5 Å². The summed E-state index contributed by atoms with van der Waals surface area (Å²) >= 11 is 0. The number of aliphatic hydroxyl groups is 1. The lowest BCUT2D eigenvalue weighted by atomic mass is 10.1. The van der Waals surface area contributed by atoms with Gasteiger partial charge >= 0.3 is 0 Å². The zero-order valence-electron chi connectivity index (χ0n) is 15.8. The molecule has 0 radical (unpaired) electrons. The summed E-state index contributed by atoms with van der Waals surface area (Å²) < 4.78 is 45.2. The van der Waals surface area contributed by atoms with Crippen molar-refractivity contribution in [1.82, 2.24) is 10.6 Å². The van der Waals surface area contributed by atoms with Crippen LogP contribution in [-0.4, -0.2) is 36.9 Å². The number of hydrogen-bond donors (Lipinski definition) is 3. The molecule has 3 N–H and O–H groups in total. The summed E-state index contributed by atoms with van der Waals surface area (Å²) in [6.07, 6.45) is -0.890. The molecule has 0 saturated heterocycles. The van der Waals surface area contributed by atoms with Gasteiger partial charge in [-0.25, -0.2) is 13.2 Å². The van der Waals surface area contributed by atoms with Crippen LogP contribution in [-0.2, 0) is 0 Å². The van der Waals surface area contributed by atoms with E-state index >= 15 is 0 Å². The van der Waals surface area contributed by atoms with Gasteiger partial charge in [-0.3, -0.25) is 4.99 Å². The van der Waals surface area contributed by atoms with E-state index in [1.54, 1.807) is 6.92 Å². The number of aliphatic hydroxyl groups excluding tert-OH is 1. The lowest BCUT2D eigenvalue weighted by Gasteiger charge is -2.19. The standard InChI is InChI=1S/C20H24F3N3O2/c1-3-24-20(26-13(2)18-9-6-15(22)10-19(18)23)25-11-16(27)12-28-17-7-4-14(21)5-8-17/h4-10,13,16,27H,3,11-12H2,1-2H3,(H2,24,25,26). The number of benzene rings is 2. The van der Waals surface area contributed by atoms with Crippen LogP contribution in [0.5, 0.6) is 5.75 Å². The minimum Gasteiger partial charge on any atom is -0.491 e. The largest absolute Gasteiger partial charge is 0.491 e. The first-order valence-electron chi connectivity index (χ1n) is 8.95. The van der Waals surface area contributed by atoms with E-state index in [1.165, 1.54) is 36.4 Å². The zero-order valence-corrected chi connectivity index (χ0v) is 15.8. The van der Waals surface area contributed by atoms with E-state index in [9.17, 15) is 18.3 Å². The highest BCUT2D eigenvalue weighted by atomic mass is 19.1. The van der Waals surface area contributed by atoms with E-state index in [2.05, 4.69) is 15.6 Å². The van der Waals surface area contributed by atoms with Crippen LogP contribution < -0.4 is 15.4 Å². The van der Waals surface area contributed by atoms with E-state index in [4.69, 9.17) is 4.74 Å². The van der Waals surface area contributed by atoms with Crippen LogP contribution >= 0.6 is 0 Å². The maximum atomic E-state index is 13.9. The van der Waals surface area contributed by atoms with Crippen molar-refractivity contribution in [2.45, 2.75) is 26.0 Å². The predicted octanol–water partition coefficient (Wildman–Crippen LogP) is 3.16. The number of nitrogens with one attached hydrogen (secondary N) is 2. The fourth-order valence-electron chi connectivity index (χ4n) is 2.43. The highest BCUT2D eigenvalue weighted by Crippen LogP contribution is 2.17. The van der Waals surface area contributed by atoms with Gasteiger partial charge in [-0.1, -0.05) is 6.07 Å². The molecule has 0 amide bonds. The first kappa shape index (κ1) is 21.6. The molecule has 0 fully saturated rings. The monoisotopic (exact) mass is 395 g/mol. The molecule has 8 heteroatoms. The summed E-state index contributed by atoms with van der Waals surface area (Å²) in [5.41, 5.74) is 0.298. The molecule has 152 valence electrons. The molecule has 5 nitrogen and oxygen atoms in total. The molecule has 0 aliphatic heterocycles. The summed E-state index contributed by atoms with van der Waals surface area (Å²) in [6.45, 7) is 4.17. The van der Waals surface area contributed by atoms with Crippen LogP contribution in [0.15, 0.2) is 47.5 Å². The van der Waals surface area contributed by atoms with E-state index in [1.807, 2.05) is 6.92 Å². The van der Waals surface area contributed by atoms with Crippen LogP contribution in [0.4, 0.5) is 13.2 Å². The minimum atomic E-state index is -0.890. The van der Waals surface area contributed by atoms with Crippen LogP contribution in [0.2, 0.25) is 0 Å². The molecular weight excluding hydrogens is 371 g/mol. The Hall–Kier alpha value is -2.74. The highest BCUT2D eigenvalue weighted by molar-refractivity contribution is 5.80. The van der Waals surface area contributed by atoms with Crippen molar-refractivity contribution in [3.8, 4) is 5.75 Å². The second kappa shape index (κ2) is 10.6. The third-order valence-electron chi connectivity index (χ3n) is 3.84. The SMILES string of the molecule is CCNC(=NCC(O)COc1ccc(F)cc1)NC(C)c1ccc(F)cc1F. The van der Waals surface area contributed by atoms with Gasteiger partial charge in [0, 0.05) is 18.2 Å². The second-order valence-electron chi connectivity index (χ2n) is 6.17. The predicted molar refractivity (Wildman–Crippen MR) is 102 cm³/mol. The number of hydrogen-bond acceptors (Lipinski definition) is 3. The Morgan fingerprint density at radius 1 is 1.11 bits per heavy atom. The lowest BCUT2D eigenvalue weighted by molar-refractivity contribution is 0.114. The van der Waals surface area contributed by atoms with Crippen molar-refractivity contribution in [2.24, 2.45) is 4.99 Å². The molecule has 2 atom stereocenters. The summed E-state index contributed by atoms with van der Waals surface area (Å²) in [4.78, 5) is 4.26. The zero-order chi connectivity index (χ0) is 20.5. The molecule has 2 aromatic rings. The van der Waals surface area contributed by atoms with Crippen molar-refractivity contribution in [2.75, 3.05) is 19.7 Å². The molecule has 0 heterocycles. The van der Waals surface area contributed by atoms with Crippen LogP contribution in [0.1, 0.15) is 25.5 Å². The Morgan fingerprint density at radius 3 is 2.43 bits per heavy atom. The Morgan fingerprint density at radius 2 is 1.79 bits per heavy atom. The lowest BCUT2D eigenvalue weighted by Crippen LogP contribution is -2.39. The normalized spacial score (nSPS) is 13.7. The smallest absolute Gasteiger partial charge is 0.191 e. The topological polar surface area (TPSA) is 65.9 Å². The Kier molecular flexibility index (Phi) is 8.13. The summed E-state index contributed by atoms with van der Waals surface area (Å²) in [5.74, 6) is -0.845. The van der Waals surface area contributed by atoms with Crippen molar-refractivity contribution in [3.63, 3.8) is 0 Å². The molecule has 0 bridgehead atoms. The Bertz CT molecular complexity index is 785. The molecular formula is C20H24F3N3O2. The Balaban J connectivity index is 1.92. The van der Waals surface area contributed by atoms with Crippen LogP contribution in [0, 0.1) is 17.5 Å². The van der Waals surface area contributed by atoms with Gasteiger partial charge in [0.15, 0.2) is 5.96 Å². The molecule has 0 aromatic heterocycles. The molecule has 0 spiro atoms. The van der Waals surface area contributed by atoms with E-state index in [0.29, 0.717) is 23.8 Å². The van der Waals surface area contributed by atoms with Gasteiger partial charge in [-0.05, 0) is 44.2 Å². The molecule has 2 rings (SSSR count). The van der Waals surface area contributed by atoms with Crippen molar-refractivity contribution < 1.29 is 23.0 Å². The molecule has 28 heavy (non-hydrogen) atoms. The molecule has 2 aromatic carbocycles. The summed E-state index contributed by atoms with van der Waals surface area (Å²) in [7, 11) is 0. The van der Waals surface area contributed by atoms with Crippen molar-refractivity contribution in [3.05, 3.63) is 65.5 Å². The summed E-state index contributed by atoms with van der Waals surface area (Å²) in [6, 6.07) is 8.39. The van der Waals surface area contributed by atoms with Crippen molar-refractivity contribution in [1.29, 1.82) is 0 Å². The first-order chi connectivity index (χ1) is 13.4. The van der Waals surface area contributed by atoms with Gasteiger partial charge in [0.25, 0.3) is 0 Å². The fraction of sp³-hybridized carbons (Fsp3) is 0.350. The maximum Gasteiger partial charge on any atom is 0.191 e. The molecule has 0 aliphatic rings. The second-order valence-corrected chi connectivity index (χ2v) is 6.17. The summed E-state index contributed by atoms with van der Waals surface area (Å²) in [5, 5.41) is 16.1. The van der Waals surface area contributed by atoms with Gasteiger partial charge in [-0.15, -0.1) is 0 Å². The number of guanidine groups is 1. The third kappa shape index (κ3) is 6.77. The third-order valence-corrected chi connectivity index (χ3v) is 3.84. The average Bonchev–Trinajstić information content (AvgIpc) is 2.65. The quantitative estimate of drug-likeness (QED) is 0.475. The van der Waals surface area contributed by atoms with Gasteiger partial charge in [0.05, 0.1) is 12.6 Å². The molecule has 0 aliphatic carbocycles. The molecule has 0 saturated carbocycles. The number of halogens is 3. The molecule has 2 unspecified atom stereocenters. The fourth-order valence-corrected chi connectivity index (χ4v) is 2.43. The van der Waals surface area contributed by atoms with Gasteiger partial charge in [-0.2, -0.15) is 0 Å². The van der Waals surface area contributed by atoms with Crippen LogP contribution in [0.3, 0.4) is 0 Å². The number of rotatable bonds is 8. The highest BCUT2D eigenvalue weighted by Gasteiger charge is 2.14. The van der Waals surface area contributed by atoms with Crippen molar-refractivity contribution >= 4 is 5.96 Å². The van der Waals surface area contributed by atoms with E-state index < -0.39 is 23.8 Å². The first-order valence-corrected chi connectivity index (χ1v) is 8.95. The van der Waals surface area contributed by atoms with E-state index in [-0.39, 0.29) is 19.0 Å². The van der Waals surface area contributed by atoms with E-state index in [0.717, 1.165) is 6.07 Å². The maximum absolute atomic E-state index is 13.9. The van der Waals surface area contributed by atoms with Crippen LogP contribution in [0.25, 0.3) is 0 Å². The number of aliphatic imine (C=N–C) groups is 1. The Labute approximate surface area is 162 Å². The average molecular weight is 395 g/mol. The minimum absolute atomic E-state index is 0.0172.